The molecule has 1 atom stereocenters. The first kappa shape index (κ1) is 13.0. The molecule has 15 heavy (non-hydrogen) atoms. The van der Waals surface area contributed by atoms with Crippen LogP contribution in [0.15, 0.2) is 24.3 Å². The molecular formula is C13H19IO. The van der Waals surface area contributed by atoms with Crippen molar-refractivity contribution < 1.29 is 5.11 Å². The van der Waals surface area contributed by atoms with E-state index in [4.69, 9.17) is 0 Å². The summed E-state index contributed by atoms with van der Waals surface area (Å²) in [5, 5.41) is 9.29. The SMILES string of the molecule is CC(C)CC(CO)Cc1ccc(I)cc1. The molecule has 1 aromatic rings. The summed E-state index contributed by atoms with van der Waals surface area (Å²) < 4.78 is 1.26. The summed E-state index contributed by atoms with van der Waals surface area (Å²) in [5.41, 5.74) is 1.33. The van der Waals surface area contributed by atoms with E-state index in [9.17, 15) is 5.11 Å². The topological polar surface area (TPSA) is 20.2 Å². The molecule has 0 bridgehead atoms. The molecule has 0 aliphatic carbocycles. The Morgan fingerprint density at radius 2 is 1.80 bits per heavy atom. The van der Waals surface area contributed by atoms with E-state index in [2.05, 4.69) is 60.7 Å². The lowest BCUT2D eigenvalue weighted by Gasteiger charge is -2.16. The molecule has 0 spiro atoms. The maximum Gasteiger partial charge on any atom is 0.0462 e. The van der Waals surface area contributed by atoms with Crippen LogP contribution in [0, 0.1) is 15.4 Å². The summed E-state index contributed by atoms with van der Waals surface area (Å²) in [6.07, 6.45) is 2.09. The van der Waals surface area contributed by atoms with Crippen molar-refractivity contribution >= 4 is 22.6 Å². The summed E-state index contributed by atoms with van der Waals surface area (Å²) in [7, 11) is 0. The van der Waals surface area contributed by atoms with Crippen molar-refractivity contribution in [2.24, 2.45) is 11.8 Å². The highest BCUT2D eigenvalue weighted by Gasteiger charge is 2.10. The summed E-state index contributed by atoms with van der Waals surface area (Å²) in [6.45, 7) is 4.71. The lowest BCUT2D eigenvalue weighted by Crippen LogP contribution is -2.12. The number of halogens is 1. The Hall–Kier alpha value is -0.0900. The van der Waals surface area contributed by atoms with E-state index >= 15 is 0 Å². The molecule has 84 valence electrons. The fraction of sp³-hybridized carbons (Fsp3) is 0.538. The third kappa shape index (κ3) is 4.98. The zero-order chi connectivity index (χ0) is 11.3. The van der Waals surface area contributed by atoms with Crippen LogP contribution >= 0.6 is 22.6 Å². The van der Waals surface area contributed by atoms with Gasteiger partial charge in [0.1, 0.15) is 0 Å². The van der Waals surface area contributed by atoms with E-state index in [0.717, 1.165) is 12.8 Å². The van der Waals surface area contributed by atoms with Gasteiger partial charge in [-0.25, -0.2) is 0 Å². The second-order valence-corrected chi connectivity index (χ2v) is 5.75. The van der Waals surface area contributed by atoms with Crippen LogP contribution in [0.4, 0.5) is 0 Å². The Bertz CT molecular complexity index is 279. The number of aliphatic hydroxyl groups is 1. The quantitative estimate of drug-likeness (QED) is 0.824. The third-order valence-electron chi connectivity index (χ3n) is 2.50. The van der Waals surface area contributed by atoms with E-state index in [1.807, 2.05) is 0 Å². The Labute approximate surface area is 106 Å². The Morgan fingerprint density at radius 3 is 2.27 bits per heavy atom. The molecule has 0 radical (unpaired) electrons. The Morgan fingerprint density at radius 1 is 1.20 bits per heavy atom. The van der Waals surface area contributed by atoms with E-state index in [1.165, 1.54) is 9.13 Å². The van der Waals surface area contributed by atoms with Crippen LogP contribution in [-0.2, 0) is 6.42 Å². The van der Waals surface area contributed by atoms with Gasteiger partial charge in [-0.15, -0.1) is 0 Å². The van der Waals surface area contributed by atoms with Crippen molar-refractivity contribution in [3.8, 4) is 0 Å². The van der Waals surface area contributed by atoms with Gasteiger partial charge in [0.15, 0.2) is 0 Å². The second kappa shape index (κ2) is 6.48. The molecule has 1 aromatic carbocycles. The molecule has 0 saturated carbocycles. The summed E-state index contributed by atoms with van der Waals surface area (Å²) in [4.78, 5) is 0. The Kier molecular flexibility index (Phi) is 5.61. The molecule has 0 fully saturated rings. The summed E-state index contributed by atoms with van der Waals surface area (Å²) >= 11 is 2.31. The number of rotatable bonds is 5. The fourth-order valence-electron chi connectivity index (χ4n) is 1.84. The molecule has 1 rings (SSSR count). The van der Waals surface area contributed by atoms with Crippen molar-refractivity contribution in [1.29, 1.82) is 0 Å². The van der Waals surface area contributed by atoms with Crippen LogP contribution in [0.5, 0.6) is 0 Å². The number of benzene rings is 1. The molecule has 1 N–H and O–H groups in total. The van der Waals surface area contributed by atoms with Gasteiger partial charge < -0.3 is 5.11 Å². The molecule has 0 heterocycles. The lowest BCUT2D eigenvalue weighted by molar-refractivity contribution is 0.205. The Balaban J connectivity index is 2.54. The first-order valence-corrected chi connectivity index (χ1v) is 6.55. The maximum absolute atomic E-state index is 9.29. The van der Waals surface area contributed by atoms with Gasteiger partial charge >= 0.3 is 0 Å². The van der Waals surface area contributed by atoms with Gasteiger partial charge in [0.2, 0.25) is 0 Å². The predicted octanol–water partition coefficient (Wildman–Crippen LogP) is 3.49. The highest BCUT2D eigenvalue weighted by Crippen LogP contribution is 2.17. The molecule has 2 heteroatoms. The van der Waals surface area contributed by atoms with Crippen LogP contribution in [0.2, 0.25) is 0 Å². The predicted molar refractivity (Wildman–Crippen MR) is 72.9 cm³/mol. The van der Waals surface area contributed by atoms with Gasteiger partial charge in [0.05, 0.1) is 0 Å². The van der Waals surface area contributed by atoms with E-state index in [-0.39, 0.29) is 0 Å². The molecule has 0 aliphatic heterocycles. The lowest BCUT2D eigenvalue weighted by atomic mass is 9.92. The number of hydrogen-bond acceptors (Lipinski definition) is 1. The van der Waals surface area contributed by atoms with Crippen LogP contribution in [0.25, 0.3) is 0 Å². The van der Waals surface area contributed by atoms with Crippen molar-refractivity contribution in [2.75, 3.05) is 6.61 Å². The molecule has 0 amide bonds. The zero-order valence-corrected chi connectivity index (χ0v) is 11.6. The van der Waals surface area contributed by atoms with Crippen LogP contribution in [0.3, 0.4) is 0 Å². The minimum atomic E-state index is 0.296. The average Bonchev–Trinajstić information content (AvgIpc) is 2.19. The smallest absolute Gasteiger partial charge is 0.0462 e. The summed E-state index contributed by atoms with van der Waals surface area (Å²) in [6, 6.07) is 8.56. The van der Waals surface area contributed by atoms with Gasteiger partial charge in [-0.1, -0.05) is 26.0 Å². The average molecular weight is 318 g/mol. The molecule has 0 aromatic heterocycles. The minimum absolute atomic E-state index is 0.296. The van der Waals surface area contributed by atoms with Crippen LogP contribution in [-0.4, -0.2) is 11.7 Å². The first-order valence-electron chi connectivity index (χ1n) is 5.47. The van der Waals surface area contributed by atoms with E-state index in [0.29, 0.717) is 18.4 Å². The van der Waals surface area contributed by atoms with E-state index in [1.54, 1.807) is 0 Å². The number of hydrogen-bond donors (Lipinski definition) is 1. The number of aliphatic hydroxyl groups excluding tert-OH is 1. The van der Waals surface area contributed by atoms with Crippen LogP contribution < -0.4 is 0 Å². The molecule has 1 unspecified atom stereocenters. The van der Waals surface area contributed by atoms with Crippen molar-refractivity contribution in [1.82, 2.24) is 0 Å². The van der Waals surface area contributed by atoms with Gasteiger partial charge in [-0.3, -0.25) is 0 Å². The molecule has 0 aliphatic rings. The highest BCUT2D eigenvalue weighted by atomic mass is 127. The fourth-order valence-corrected chi connectivity index (χ4v) is 2.20. The molecule has 0 saturated heterocycles. The first-order chi connectivity index (χ1) is 7.11. The van der Waals surface area contributed by atoms with Crippen molar-refractivity contribution in [3.05, 3.63) is 33.4 Å². The van der Waals surface area contributed by atoms with E-state index < -0.39 is 0 Å². The third-order valence-corrected chi connectivity index (χ3v) is 3.22. The second-order valence-electron chi connectivity index (χ2n) is 4.51. The van der Waals surface area contributed by atoms with Crippen molar-refractivity contribution in [2.45, 2.75) is 26.7 Å². The monoisotopic (exact) mass is 318 g/mol. The van der Waals surface area contributed by atoms with Gasteiger partial charge in [-0.05, 0) is 65.0 Å². The molecule has 1 nitrogen and oxygen atoms in total. The highest BCUT2D eigenvalue weighted by molar-refractivity contribution is 14.1. The summed E-state index contributed by atoms with van der Waals surface area (Å²) in [5.74, 6) is 1.07. The normalized spacial score (nSPS) is 13.1. The van der Waals surface area contributed by atoms with Gasteiger partial charge in [-0.2, -0.15) is 0 Å². The van der Waals surface area contributed by atoms with Crippen molar-refractivity contribution in [3.63, 3.8) is 0 Å². The zero-order valence-electron chi connectivity index (χ0n) is 9.41. The minimum Gasteiger partial charge on any atom is -0.396 e. The molecular weight excluding hydrogens is 299 g/mol. The van der Waals surface area contributed by atoms with Crippen LogP contribution in [0.1, 0.15) is 25.8 Å². The maximum atomic E-state index is 9.29. The van der Waals surface area contributed by atoms with Gasteiger partial charge in [0, 0.05) is 10.2 Å². The van der Waals surface area contributed by atoms with Gasteiger partial charge in [0.25, 0.3) is 0 Å². The largest absolute Gasteiger partial charge is 0.396 e. The standard InChI is InChI=1S/C13H19IO/c1-10(2)7-12(9-15)8-11-3-5-13(14)6-4-11/h3-6,10,12,15H,7-9H2,1-2H3.